The van der Waals surface area contributed by atoms with Gasteiger partial charge in [0.1, 0.15) is 5.76 Å². The summed E-state index contributed by atoms with van der Waals surface area (Å²) in [5, 5.41) is 3.13. The highest BCUT2D eigenvalue weighted by atomic mass is 16.5. The third kappa shape index (κ3) is 3.64. The molecule has 0 aliphatic rings. The van der Waals surface area contributed by atoms with Gasteiger partial charge in [0, 0.05) is 5.56 Å². The quantitative estimate of drug-likeness (QED) is 0.794. The Labute approximate surface area is 123 Å². The van der Waals surface area contributed by atoms with Gasteiger partial charge in [-0.1, -0.05) is 0 Å². The van der Waals surface area contributed by atoms with E-state index in [0.29, 0.717) is 23.6 Å². The SMILES string of the molecule is COc1ccc(C(=O)C(C)NCc2ccco2)cc1OC. The minimum Gasteiger partial charge on any atom is -0.493 e. The van der Waals surface area contributed by atoms with Crippen molar-refractivity contribution in [2.24, 2.45) is 0 Å². The molecule has 5 heteroatoms. The average molecular weight is 289 g/mol. The largest absolute Gasteiger partial charge is 0.493 e. The van der Waals surface area contributed by atoms with Crippen molar-refractivity contribution in [3.05, 3.63) is 47.9 Å². The predicted octanol–water partition coefficient (Wildman–Crippen LogP) is 2.66. The zero-order valence-electron chi connectivity index (χ0n) is 12.4. The topological polar surface area (TPSA) is 60.7 Å². The lowest BCUT2D eigenvalue weighted by atomic mass is 10.0. The third-order valence-electron chi connectivity index (χ3n) is 3.22. The molecule has 112 valence electrons. The minimum atomic E-state index is -0.326. The summed E-state index contributed by atoms with van der Waals surface area (Å²) in [4.78, 5) is 12.4. The highest BCUT2D eigenvalue weighted by Gasteiger charge is 2.17. The molecule has 0 fully saturated rings. The summed E-state index contributed by atoms with van der Waals surface area (Å²) in [5.41, 5.74) is 0.576. The number of hydrogen-bond acceptors (Lipinski definition) is 5. The molecule has 1 heterocycles. The van der Waals surface area contributed by atoms with Crippen molar-refractivity contribution in [2.45, 2.75) is 19.5 Å². The smallest absolute Gasteiger partial charge is 0.179 e. The first-order valence-electron chi connectivity index (χ1n) is 6.67. The maximum absolute atomic E-state index is 12.4. The van der Waals surface area contributed by atoms with Gasteiger partial charge in [0.05, 0.1) is 33.1 Å². The molecule has 0 amide bonds. The Bertz CT molecular complexity index is 592. The summed E-state index contributed by atoms with van der Waals surface area (Å²) in [6.45, 7) is 2.33. The predicted molar refractivity (Wildman–Crippen MR) is 78.9 cm³/mol. The van der Waals surface area contributed by atoms with Crippen LogP contribution in [0.15, 0.2) is 41.0 Å². The van der Waals surface area contributed by atoms with Crippen molar-refractivity contribution >= 4 is 5.78 Å². The van der Waals surface area contributed by atoms with Crippen LogP contribution in [0.5, 0.6) is 11.5 Å². The number of methoxy groups -OCH3 is 2. The van der Waals surface area contributed by atoms with Crippen LogP contribution in [0.4, 0.5) is 0 Å². The second-order valence-corrected chi connectivity index (χ2v) is 4.62. The second-order valence-electron chi connectivity index (χ2n) is 4.62. The molecule has 0 spiro atoms. The maximum atomic E-state index is 12.4. The van der Waals surface area contributed by atoms with Crippen LogP contribution in [0.25, 0.3) is 0 Å². The van der Waals surface area contributed by atoms with Crippen molar-refractivity contribution in [1.29, 1.82) is 0 Å². The molecule has 0 bridgehead atoms. The van der Waals surface area contributed by atoms with Gasteiger partial charge in [0.2, 0.25) is 0 Å². The Kier molecular flexibility index (Phi) is 5.00. The lowest BCUT2D eigenvalue weighted by molar-refractivity contribution is 0.0949. The zero-order valence-corrected chi connectivity index (χ0v) is 12.4. The van der Waals surface area contributed by atoms with E-state index in [2.05, 4.69) is 5.32 Å². The molecular weight excluding hydrogens is 270 g/mol. The molecule has 1 aromatic heterocycles. The highest BCUT2D eigenvalue weighted by molar-refractivity contribution is 6.00. The normalized spacial score (nSPS) is 12.0. The lowest BCUT2D eigenvalue weighted by Crippen LogP contribution is -2.33. The Morgan fingerprint density at radius 3 is 2.62 bits per heavy atom. The van der Waals surface area contributed by atoms with Gasteiger partial charge < -0.3 is 19.2 Å². The average Bonchev–Trinajstić information content (AvgIpc) is 3.04. The molecule has 0 saturated carbocycles. The maximum Gasteiger partial charge on any atom is 0.179 e. The van der Waals surface area contributed by atoms with Gasteiger partial charge in [-0.3, -0.25) is 4.79 Å². The van der Waals surface area contributed by atoms with E-state index in [1.807, 2.05) is 19.1 Å². The van der Waals surface area contributed by atoms with E-state index in [0.717, 1.165) is 5.76 Å². The standard InChI is InChI=1S/C16H19NO4/c1-11(17-10-13-5-4-8-21-13)16(18)12-6-7-14(19-2)15(9-12)20-3/h4-9,11,17H,10H2,1-3H3. The van der Waals surface area contributed by atoms with Crippen LogP contribution in [-0.4, -0.2) is 26.0 Å². The lowest BCUT2D eigenvalue weighted by Gasteiger charge is -2.13. The zero-order chi connectivity index (χ0) is 15.2. The van der Waals surface area contributed by atoms with E-state index in [-0.39, 0.29) is 11.8 Å². The summed E-state index contributed by atoms with van der Waals surface area (Å²) in [7, 11) is 3.11. The highest BCUT2D eigenvalue weighted by Crippen LogP contribution is 2.28. The Morgan fingerprint density at radius 1 is 1.24 bits per heavy atom. The van der Waals surface area contributed by atoms with Gasteiger partial charge in [0.15, 0.2) is 17.3 Å². The number of furan rings is 1. The van der Waals surface area contributed by atoms with E-state index in [4.69, 9.17) is 13.9 Å². The van der Waals surface area contributed by atoms with Gasteiger partial charge in [-0.05, 0) is 37.3 Å². The Morgan fingerprint density at radius 2 is 2.00 bits per heavy atom. The molecule has 2 rings (SSSR count). The summed E-state index contributed by atoms with van der Waals surface area (Å²) in [6.07, 6.45) is 1.61. The number of rotatable bonds is 7. The van der Waals surface area contributed by atoms with Crippen LogP contribution in [0.1, 0.15) is 23.0 Å². The van der Waals surface area contributed by atoms with Gasteiger partial charge >= 0.3 is 0 Å². The second kappa shape index (κ2) is 6.95. The van der Waals surface area contributed by atoms with Crippen LogP contribution in [0.2, 0.25) is 0 Å². The van der Waals surface area contributed by atoms with E-state index >= 15 is 0 Å². The van der Waals surface area contributed by atoms with E-state index in [1.165, 1.54) is 0 Å². The molecular formula is C16H19NO4. The molecule has 0 aliphatic carbocycles. The first-order valence-corrected chi connectivity index (χ1v) is 6.67. The van der Waals surface area contributed by atoms with Crippen LogP contribution in [0.3, 0.4) is 0 Å². The Balaban J connectivity index is 2.04. The molecule has 1 atom stereocenters. The van der Waals surface area contributed by atoms with Crippen LogP contribution in [0, 0.1) is 0 Å². The molecule has 21 heavy (non-hydrogen) atoms. The summed E-state index contributed by atoms with van der Waals surface area (Å²) in [5.74, 6) is 1.93. The van der Waals surface area contributed by atoms with E-state index in [1.54, 1.807) is 38.7 Å². The van der Waals surface area contributed by atoms with Gasteiger partial charge in [-0.25, -0.2) is 0 Å². The molecule has 1 unspecified atom stereocenters. The molecule has 0 radical (unpaired) electrons. The molecule has 5 nitrogen and oxygen atoms in total. The van der Waals surface area contributed by atoms with Crippen LogP contribution < -0.4 is 14.8 Å². The van der Waals surface area contributed by atoms with Crippen molar-refractivity contribution in [2.75, 3.05) is 14.2 Å². The Hall–Kier alpha value is -2.27. The van der Waals surface area contributed by atoms with Gasteiger partial charge in [0.25, 0.3) is 0 Å². The molecule has 0 saturated heterocycles. The van der Waals surface area contributed by atoms with Crippen molar-refractivity contribution < 1.29 is 18.7 Å². The summed E-state index contributed by atoms with van der Waals surface area (Å²) in [6, 6.07) is 8.50. The van der Waals surface area contributed by atoms with Crippen LogP contribution >= 0.6 is 0 Å². The van der Waals surface area contributed by atoms with E-state index in [9.17, 15) is 4.79 Å². The fraction of sp³-hybridized carbons (Fsp3) is 0.312. The number of hydrogen-bond donors (Lipinski definition) is 1. The van der Waals surface area contributed by atoms with E-state index < -0.39 is 0 Å². The molecule has 1 aromatic carbocycles. The first-order chi connectivity index (χ1) is 10.2. The number of carbonyl (C=O) groups is 1. The summed E-state index contributed by atoms with van der Waals surface area (Å²) < 4.78 is 15.6. The number of nitrogens with one attached hydrogen (secondary N) is 1. The summed E-state index contributed by atoms with van der Waals surface area (Å²) >= 11 is 0. The molecule has 0 aliphatic heterocycles. The third-order valence-corrected chi connectivity index (χ3v) is 3.22. The number of ketones is 1. The molecule has 1 N–H and O–H groups in total. The fourth-order valence-corrected chi connectivity index (χ4v) is 2.00. The molecule has 2 aromatic rings. The number of Topliss-reactive ketones (excluding diaryl/α,β-unsaturated/α-hetero) is 1. The number of benzene rings is 1. The van der Waals surface area contributed by atoms with Gasteiger partial charge in [-0.2, -0.15) is 0 Å². The van der Waals surface area contributed by atoms with Gasteiger partial charge in [-0.15, -0.1) is 0 Å². The number of carbonyl (C=O) groups excluding carboxylic acids is 1. The first kappa shape index (κ1) is 15.1. The number of ether oxygens (including phenoxy) is 2. The van der Waals surface area contributed by atoms with Crippen LogP contribution in [-0.2, 0) is 6.54 Å². The minimum absolute atomic E-state index is 0.0116. The monoisotopic (exact) mass is 289 g/mol. The van der Waals surface area contributed by atoms with Crippen molar-refractivity contribution in [3.8, 4) is 11.5 Å². The van der Waals surface area contributed by atoms with Crippen molar-refractivity contribution in [1.82, 2.24) is 5.32 Å². The van der Waals surface area contributed by atoms with Crippen molar-refractivity contribution in [3.63, 3.8) is 0 Å². The fourth-order valence-electron chi connectivity index (χ4n) is 2.00.